The van der Waals surface area contributed by atoms with Crippen molar-refractivity contribution in [1.82, 2.24) is 4.90 Å². The maximum absolute atomic E-state index is 11.6. The van der Waals surface area contributed by atoms with E-state index in [4.69, 9.17) is 0 Å². The van der Waals surface area contributed by atoms with Gasteiger partial charge in [-0.1, -0.05) is 13.8 Å². The predicted molar refractivity (Wildman–Crippen MR) is 58.0 cm³/mol. The molecule has 3 heteroatoms. The number of amides is 1. The van der Waals surface area contributed by atoms with Crippen molar-refractivity contribution in [3.63, 3.8) is 0 Å². The van der Waals surface area contributed by atoms with Gasteiger partial charge in [0.05, 0.1) is 0 Å². The lowest BCUT2D eigenvalue weighted by Crippen LogP contribution is -2.34. The zero-order valence-corrected chi connectivity index (χ0v) is 9.40. The van der Waals surface area contributed by atoms with Crippen LogP contribution in [-0.2, 0) is 4.79 Å². The summed E-state index contributed by atoms with van der Waals surface area (Å²) in [6.07, 6.45) is 1.69. The summed E-state index contributed by atoms with van der Waals surface area (Å²) >= 11 is 1.97. The number of nitrogens with zero attached hydrogens (tertiary/aromatic N) is 1. The zero-order valence-electron chi connectivity index (χ0n) is 8.58. The number of carbonyl (C=O) groups is 1. The third-order valence-corrected chi connectivity index (χ3v) is 3.53. The van der Waals surface area contributed by atoms with Gasteiger partial charge in [-0.3, -0.25) is 4.79 Å². The molecule has 0 saturated carbocycles. The molecule has 0 spiro atoms. The molecule has 0 bridgehead atoms. The molecular weight excluding hydrogens is 182 g/mol. The Bertz CT molecular complexity index is 172. The second kappa shape index (κ2) is 5.53. The lowest BCUT2D eigenvalue weighted by molar-refractivity contribution is -0.131. The van der Waals surface area contributed by atoms with Crippen LogP contribution >= 0.6 is 11.8 Å². The van der Waals surface area contributed by atoms with E-state index in [1.54, 1.807) is 0 Å². The first kappa shape index (κ1) is 10.9. The fourth-order valence-corrected chi connectivity index (χ4v) is 2.60. The summed E-state index contributed by atoms with van der Waals surface area (Å²) in [5.74, 6) is 3.32. The number of hydrogen-bond donors (Lipinski definition) is 0. The summed E-state index contributed by atoms with van der Waals surface area (Å²) in [6, 6.07) is 0. The highest BCUT2D eigenvalue weighted by Gasteiger charge is 2.18. The van der Waals surface area contributed by atoms with Crippen molar-refractivity contribution in [3.05, 3.63) is 0 Å². The molecule has 1 rings (SSSR count). The van der Waals surface area contributed by atoms with E-state index in [0.717, 1.165) is 31.7 Å². The van der Waals surface area contributed by atoms with Crippen LogP contribution in [0.25, 0.3) is 0 Å². The molecule has 0 aliphatic carbocycles. The Morgan fingerprint density at radius 2 is 2.38 bits per heavy atom. The third kappa shape index (κ3) is 3.59. The molecular formula is C10H19NOS. The van der Waals surface area contributed by atoms with Gasteiger partial charge in [-0.25, -0.2) is 0 Å². The highest BCUT2D eigenvalue weighted by Crippen LogP contribution is 2.16. The average molecular weight is 201 g/mol. The molecule has 1 unspecified atom stereocenters. The van der Waals surface area contributed by atoms with Crippen molar-refractivity contribution in [2.45, 2.75) is 26.7 Å². The van der Waals surface area contributed by atoms with Crippen LogP contribution in [0.4, 0.5) is 0 Å². The Balaban J connectivity index is 2.42. The largest absolute Gasteiger partial charge is 0.342 e. The van der Waals surface area contributed by atoms with Crippen LogP contribution in [0.3, 0.4) is 0 Å². The molecule has 1 amide bonds. The van der Waals surface area contributed by atoms with Crippen molar-refractivity contribution in [2.75, 3.05) is 24.6 Å². The number of carbonyl (C=O) groups excluding carboxylic acids is 1. The second-order valence-corrected chi connectivity index (χ2v) is 4.92. The van der Waals surface area contributed by atoms with E-state index in [9.17, 15) is 4.79 Å². The van der Waals surface area contributed by atoms with E-state index in [-0.39, 0.29) is 0 Å². The van der Waals surface area contributed by atoms with E-state index >= 15 is 0 Å². The highest BCUT2D eigenvalue weighted by molar-refractivity contribution is 7.99. The first-order valence-corrected chi connectivity index (χ1v) is 6.25. The summed E-state index contributed by atoms with van der Waals surface area (Å²) in [7, 11) is 0. The minimum Gasteiger partial charge on any atom is -0.342 e. The van der Waals surface area contributed by atoms with Crippen LogP contribution in [0.15, 0.2) is 0 Å². The van der Waals surface area contributed by atoms with E-state index in [1.165, 1.54) is 5.75 Å². The zero-order chi connectivity index (χ0) is 9.68. The van der Waals surface area contributed by atoms with Gasteiger partial charge >= 0.3 is 0 Å². The first-order valence-electron chi connectivity index (χ1n) is 5.09. The van der Waals surface area contributed by atoms with Crippen LogP contribution in [0.1, 0.15) is 26.7 Å². The van der Waals surface area contributed by atoms with Gasteiger partial charge < -0.3 is 4.90 Å². The predicted octanol–water partition coefficient (Wildman–Crippen LogP) is 2.00. The van der Waals surface area contributed by atoms with Gasteiger partial charge in [0.25, 0.3) is 0 Å². The second-order valence-electron chi connectivity index (χ2n) is 3.77. The summed E-state index contributed by atoms with van der Waals surface area (Å²) in [4.78, 5) is 13.6. The van der Waals surface area contributed by atoms with Crippen molar-refractivity contribution in [2.24, 2.45) is 5.92 Å². The monoisotopic (exact) mass is 201 g/mol. The van der Waals surface area contributed by atoms with Crippen LogP contribution < -0.4 is 0 Å². The van der Waals surface area contributed by atoms with Crippen LogP contribution in [0.2, 0.25) is 0 Å². The van der Waals surface area contributed by atoms with Crippen molar-refractivity contribution in [3.8, 4) is 0 Å². The van der Waals surface area contributed by atoms with E-state index < -0.39 is 0 Å². The summed E-state index contributed by atoms with van der Waals surface area (Å²) in [5.41, 5.74) is 0. The lowest BCUT2D eigenvalue weighted by atomic mass is 10.2. The van der Waals surface area contributed by atoms with E-state index in [0.29, 0.717) is 11.8 Å². The van der Waals surface area contributed by atoms with Crippen LogP contribution in [0.5, 0.6) is 0 Å². The Labute approximate surface area is 85.1 Å². The normalized spacial score (nSPS) is 24.2. The summed E-state index contributed by atoms with van der Waals surface area (Å²) in [5, 5.41) is 0. The van der Waals surface area contributed by atoms with Gasteiger partial charge in [0.2, 0.25) is 5.91 Å². The molecule has 0 N–H and O–H groups in total. The molecule has 0 radical (unpaired) electrons. The highest BCUT2D eigenvalue weighted by atomic mass is 32.2. The number of thioether (sulfide) groups is 1. The molecule has 13 heavy (non-hydrogen) atoms. The van der Waals surface area contributed by atoms with Crippen molar-refractivity contribution in [1.29, 1.82) is 0 Å². The standard InChI is InChI=1S/C10H19NOS/c1-3-4-10(12)11-5-6-13-8-9(2)7-11/h9H,3-8H2,1-2H3. The molecule has 1 aliphatic heterocycles. The van der Waals surface area contributed by atoms with Gasteiger partial charge in [-0.15, -0.1) is 0 Å². The molecule has 2 nitrogen and oxygen atoms in total. The minimum absolute atomic E-state index is 0.344. The van der Waals surface area contributed by atoms with Gasteiger partial charge in [-0.2, -0.15) is 11.8 Å². The molecule has 1 fully saturated rings. The summed E-state index contributed by atoms with van der Waals surface area (Å²) < 4.78 is 0. The van der Waals surface area contributed by atoms with Crippen LogP contribution in [0, 0.1) is 5.92 Å². The van der Waals surface area contributed by atoms with Crippen molar-refractivity contribution < 1.29 is 4.79 Å². The van der Waals surface area contributed by atoms with E-state index in [1.807, 2.05) is 16.7 Å². The van der Waals surface area contributed by atoms with Gasteiger partial charge in [0.15, 0.2) is 0 Å². The Kier molecular flexibility index (Phi) is 4.64. The number of rotatable bonds is 2. The molecule has 1 saturated heterocycles. The summed E-state index contributed by atoms with van der Waals surface area (Å²) in [6.45, 7) is 6.21. The average Bonchev–Trinajstić information content (AvgIpc) is 2.30. The Morgan fingerprint density at radius 1 is 1.62 bits per heavy atom. The topological polar surface area (TPSA) is 20.3 Å². The fraction of sp³-hybridized carbons (Fsp3) is 0.900. The SMILES string of the molecule is CCCC(=O)N1CCSCC(C)C1. The van der Waals surface area contributed by atoms with Crippen LogP contribution in [-0.4, -0.2) is 35.4 Å². The molecule has 0 aromatic rings. The fourth-order valence-electron chi connectivity index (χ4n) is 1.58. The maximum Gasteiger partial charge on any atom is 0.222 e. The third-order valence-electron chi connectivity index (χ3n) is 2.26. The maximum atomic E-state index is 11.6. The van der Waals surface area contributed by atoms with Gasteiger partial charge in [0.1, 0.15) is 0 Å². The molecule has 0 aromatic carbocycles. The molecule has 1 heterocycles. The molecule has 1 atom stereocenters. The first-order chi connectivity index (χ1) is 6.24. The van der Waals surface area contributed by atoms with Gasteiger partial charge in [0, 0.05) is 25.3 Å². The molecule has 0 aromatic heterocycles. The number of hydrogen-bond acceptors (Lipinski definition) is 2. The Hall–Kier alpha value is -0.180. The minimum atomic E-state index is 0.344. The van der Waals surface area contributed by atoms with Gasteiger partial charge in [-0.05, 0) is 18.1 Å². The Morgan fingerprint density at radius 3 is 3.08 bits per heavy atom. The smallest absolute Gasteiger partial charge is 0.222 e. The lowest BCUT2D eigenvalue weighted by Gasteiger charge is -2.22. The molecule has 1 aliphatic rings. The quantitative estimate of drug-likeness (QED) is 0.681. The van der Waals surface area contributed by atoms with E-state index in [2.05, 4.69) is 13.8 Å². The molecule has 76 valence electrons. The van der Waals surface area contributed by atoms with Crippen molar-refractivity contribution >= 4 is 17.7 Å².